The van der Waals surface area contributed by atoms with Crippen LogP contribution in [0.25, 0.3) is 0 Å². The first-order chi connectivity index (χ1) is 17.0. The van der Waals surface area contributed by atoms with Crippen LogP contribution in [0.2, 0.25) is 0 Å². The summed E-state index contributed by atoms with van der Waals surface area (Å²) in [6.07, 6.45) is 8.77. The smallest absolute Gasteiger partial charge is 0.254 e. The van der Waals surface area contributed by atoms with E-state index in [1.54, 1.807) is 25.3 Å². The summed E-state index contributed by atoms with van der Waals surface area (Å²) in [5, 5.41) is 14.7. The molecule has 1 heterocycles. The second-order valence-corrected chi connectivity index (χ2v) is 8.99. The van der Waals surface area contributed by atoms with Crippen LogP contribution in [0.1, 0.15) is 28.7 Å². The number of imide groups is 1. The number of nitrogens with zero attached hydrogens (tertiary/aromatic N) is 3. The predicted octanol–water partition coefficient (Wildman–Crippen LogP) is 4.02. The molecule has 0 spiro atoms. The fourth-order valence-electron chi connectivity index (χ4n) is 5.41. The molecule has 1 saturated heterocycles. The topological polar surface area (TPSA) is 92.0 Å². The van der Waals surface area contributed by atoms with Crippen molar-refractivity contribution in [3.63, 3.8) is 0 Å². The Morgan fingerprint density at radius 1 is 1.14 bits per heavy atom. The van der Waals surface area contributed by atoms with E-state index in [2.05, 4.69) is 29.9 Å². The number of nitriles is 1. The van der Waals surface area contributed by atoms with Crippen molar-refractivity contribution in [3.05, 3.63) is 83.5 Å². The number of hydrazone groups is 1. The van der Waals surface area contributed by atoms with E-state index in [0.29, 0.717) is 29.0 Å². The molecule has 7 nitrogen and oxygen atoms in total. The second-order valence-electron chi connectivity index (χ2n) is 8.99. The Hall–Kier alpha value is -4.18. The van der Waals surface area contributed by atoms with E-state index in [9.17, 15) is 14.9 Å². The van der Waals surface area contributed by atoms with E-state index in [1.807, 2.05) is 24.3 Å². The Kier molecular flexibility index (Phi) is 5.96. The number of carbonyl (C=O) groups excluding carboxylic acids is 2. The molecule has 0 aromatic heterocycles. The highest BCUT2D eigenvalue weighted by Crippen LogP contribution is 2.52. The zero-order chi connectivity index (χ0) is 24.5. The third-order valence-electron chi connectivity index (χ3n) is 7.02. The van der Waals surface area contributed by atoms with Gasteiger partial charge in [-0.3, -0.25) is 9.59 Å². The Balaban J connectivity index is 1.39. The number of fused-ring (bicyclic) bond motifs is 5. The number of carbonyl (C=O) groups is 2. The number of allylic oxidation sites excluding steroid dienone is 3. The largest absolute Gasteiger partial charge is 0.493 e. The van der Waals surface area contributed by atoms with Gasteiger partial charge in [-0.1, -0.05) is 36.4 Å². The van der Waals surface area contributed by atoms with Gasteiger partial charge in [0.25, 0.3) is 11.8 Å². The molecule has 35 heavy (non-hydrogen) atoms. The van der Waals surface area contributed by atoms with Crippen LogP contribution in [0.4, 0.5) is 0 Å². The van der Waals surface area contributed by atoms with Gasteiger partial charge < -0.3 is 9.47 Å². The highest BCUT2D eigenvalue weighted by molar-refractivity contribution is 6.06. The minimum absolute atomic E-state index is 0.142. The molecule has 2 aliphatic carbocycles. The first-order valence-electron chi connectivity index (χ1n) is 11.6. The van der Waals surface area contributed by atoms with Gasteiger partial charge in [0, 0.05) is 11.1 Å². The quantitative estimate of drug-likeness (QED) is 0.332. The van der Waals surface area contributed by atoms with E-state index < -0.39 is 0 Å². The van der Waals surface area contributed by atoms with Gasteiger partial charge in [0.1, 0.15) is 6.61 Å². The molecule has 1 aliphatic heterocycles. The maximum Gasteiger partial charge on any atom is 0.254 e. The molecule has 1 saturated carbocycles. The van der Waals surface area contributed by atoms with Crippen molar-refractivity contribution in [1.82, 2.24) is 5.01 Å². The standard InChI is InChI=1S/C28H25N3O4/c1-3-6-20-11-17(12-23(34-2)26(20)35-16-22-8-5-4-7-21(22)14-29)15-30-31-27(32)24-18-9-10-19(13-18)25(24)28(31)33/h3-5,7-12,15,18-19,24-25H,1,6,13,16H2,2H3/t18-,19-,24-,25+/m0/s1. The molecule has 7 heteroatoms. The van der Waals surface area contributed by atoms with Crippen LogP contribution < -0.4 is 9.47 Å². The van der Waals surface area contributed by atoms with Crippen molar-refractivity contribution in [2.45, 2.75) is 19.4 Å². The summed E-state index contributed by atoms with van der Waals surface area (Å²) in [6, 6.07) is 13.1. The molecular formula is C28H25N3O4. The lowest BCUT2D eigenvalue weighted by molar-refractivity contribution is -0.140. The fourth-order valence-corrected chi connectivity index (χ4v) is 5.41. The van der Waals surface area contributed by atoms with Crippen LogP contribution in [0.15, 0.2) is 66.3 Å². The first-order valence-corrected chi connectivity index (χ1v) is 11.6. The van der Waals surface area contributed by atoms with E-state index in [1.165, 1.54) is 6.21 Å². The van der Waals surface area contributed by atoms with E-state index >= 15 is 0 Å². The molecule has 0 radical (unpaired) electrons. The molecule has 2 aromatic carbocycles. The van der Waals surface area contributed by atoms with Gasteiger partial charge in [0.2, 0.25) is 0 Å². The minimum Gasteiger partial charge on any atom is -0.493 e. The number of ether oxygens (including phenoxy) is 2. The monoisotopic (exact) mass is 467 g/mol. The summed E-state index contributed by atoms with van der Waals surface area (Å²) in [5.41, 5.74) is 2.80. The van der Waals surface area contributed by atoms with E-state index in [-0.39, 0.29) is 42.1 Å². The van der Waals surface area contributed by atoms with Crippen LogP contribution >= 0.6 is 0 Å². The summed E-state index contributed by atoms with van der Waals surface area (Å²) >= 11 is 0. The summed E-state index contributed by atoms with van der Waals surface area (Å²) in [4.78, 5) is 25.8. The lowest BCUT2D eigenvalue weighted by atomic mass is 9.85. The normalized spacial score (nSPS) is 24.2. The molecular weight excluding hydrogens is 442 g/mol. The Labute approximate surface area is 203 Å². The van der Waals surface area contributed by atoms with Crippen LogP contribution in [0.3, 0.4) is 0 Å². The molecule has 4 atom stereocenters. The van der Waals surface area contributed by atoms with Gasteiger partial charge in [-0.05, 0) is 48.4 Å². The van der Waals surface area contributed by atoms with Crippen LogP contribution in [-0.4, -0.2) is 30.1 Å². The molecule has 176 valence electrons. The maximum atomic E-state index is 12.9. The Morgan fingerprint density at radius 2 is 1.86 bits per heavy atom. The Morgan fingerprint density at radius 3 is 2.51 bits per heavy atom. The highest BCUT2D eigenvalue weighted by Gasteiger charge is 2.59. The Bertz CT molecular complexity index is 1280. The van der Waals surface area contributed by atoms with Gasteiger partial charge in [0.05, 0.1) is 36.8 Å². The molecule has 0 unspecified atom stereocenters. The lowest BCUT2D eigenvalue weighted by Gasteiger charge is -2.16. The van der Waals surface area contributed by atoms with Crippen molar-refractivity contribution in [2.24, 2.45) is 28.8 Å². The van der Waals surface area contributed by atoms with E-state index in [0.717, 1.165) is 22.6 Å². The van der Waals surface area contributed by atoms with Gasteiger partial charge in [0.15, 0.2) is 11.5 Å². The zero-order valence-electron chi connectivity index (χ0n) is 19.4. The number of hydrogen-bond donors (Lipinski definition) is 0. The summed E-state index contributed by atoms with van der Waals surface area (Å²) in [6.45, 7) is 4.03. The van der Waals surface area contributed by atoms with Gasteiger partial charge in [-0.15, -0.1) is 6.58 Å². The first kappa shape index (κ1) is 22.6. The second kappa shape index (κ2) is 9.22. The maximum absolute atomic E-state index is 12.9. The van der Waals surface area contributed by atoms with Gasteiger partial charge in [-0.2, -0.15) is 15.4 Å². The number of hydrogen-bond acceptors (Lipinski definition) is 6. The van der Waals surface area contributed by atoms with Crippen LogP contribution in [0, 0.1) is 35.0 Å². The van der Waals surface area contributed by atoms with Gasteiger partial charge >= 0.3 is 0 Å². The molecule has 2 aromatic rings. The van der Waals surface area contributed by atoms with Crippen molar-refractivity contribution in [2.75, 3.05) is 7.11 Å². The van der Waals surface area contributed by atoms with E-state index in [4.69, 9.17) is 9.47 Å². The summed E-state index contributed by atoms with van der Waals surface area (Å²) < 4.78 is 11.7. The van der Waals surface area contributed by atoms with Crippen LogP contribution in [0.5, 0.6) is 11.5 Å². The molecule has 2 amide bonds. The minimum atomic E-state index is -0.285. The molecule has 0 N–H and O–H groups in total. The molecule has 3 aliphatic rings. The van der Waals surface area contributed by atoms with Crippen LogP contribution in [-0.2, 0) is 22.6 Å². The number of rotatable bonds is 8. The van der Waals surface area contributed by atoms with Crippen molar-refractivity contribution in [1.29, 1.82) is 5.26 Å². The third kappa shape index (κ3) is 3.91. The summed E-state index contributed by atoms with van der Waals surface area (Å²) in [5.74, 6) is 0.304. The van der Waals surface area contributed by atoms with Crippen molar-refractivity contribution in [3.8, 4) is 17.6 Å². The predicted molar refractivity (Wildman–Crippen MR) is 130 cm³/mol. The third-order valence-corrected chi connectivity index (χ3v) is 7.02. The zero-order valence-corrected chi connectivity index (χ0v) is 19.4. The number of benzene rings is 2. The average molecular weight is 468 g/mol. The van der Waals surface area contributed by atoms with Crippen molar-refractivity contribution >= 4 is 18.0 Å². The molecule has 2 fully saturated rings. The highest BCUT2D eigenvalue weighted by atomic mass is 16.5. The van der Waals surface area contributed by atoms with Crippen molar-refractivity contribution < 1.29 is 19.1 Å². The van der Waals surface area contributed by atoms with Gasteiger partial charge in [-0.25, -0.2) is 0 Å². The SMILES string of the molecule is C=CCc1cc(C=NN2C(=O)[C@@H]3[C@H](C2=O)[C@H]2C=C[C@H]3C2)cc(OC)c1OCc1ccccc1C#N. The molecule has 2 bridgehead atoms. The lowest BCUT2D eigenvalue weighted by Crippen LogP contribution is -2.28. The summed E-state index contributed by atoms with van der Waals surface area (Å²) in [7, 11) is 1.54. The molecule has 5 rings (SSSR count). The number of amides is 2. The average Bonchev–Trinajstić information content (AvgIpc) is 3.56. The number of methoxy groups -OCH3 is 1. The fraction of sp³-hybridized carbons (Fsp3) is 0.286.